The van der Waals surface area contributed by atoms with Crippen molar-refractivity contribution in [2.45, 2.75) is 26.9 Å². The van der Waals surface area contributed by atoms with Gasteiger partial charge < -0.3 is 20.3 Å². The van der Waals surface area contributed by atoms with Crippen LogP contribution in [0.25, 0.3) is 0 Å². The third kappa shape index (κ3) is 4.71. The van der Waals surface area contributed by atoms with Crippen LogP contribution in [-0.2, 0) is 4.79 Å². The van der Waals surface area contributed by atoms with Gasteiger partial charge in [0.15, 0.2) is 0 Å². The molecule has 0 aliphatic carbocycles. The molecule has 0 unspecified atom stereocenters. The molecule has 2 heterocycles. The summed E-state index contributed by atoms with van der Waals surface area (Å²) in [6.07, 6.45) is 1.44. The van der Waals surface area contributed by atoms with E-state index < -0.39 is 0 Å². The molecule has 9 heteroatoms. The second kappa shape index (κ2) is 8.55. The molecular formula is C22H23FN6O2. The summed E-state index contributed by atoms with van der Waals surface area (Å²) in [5, 5.41) is 6.07. The SMILES string of the molecule is CC(=O)Nc1c(C)ccc(Nc2ncnc(N3CC(Oc4ccc(F)cc4)C3)n2)c1C. The lowest BCUT2D eigenvalue weighted by molar-refractivity contribution is -0.114. The van der Waals surface area contributed by atoms with E-state index in [1.54, 1.807) is 12.1 Å². The van der Waals surface area contributed by atoms with E-state index in [0.29, 0.717) is 30.7 Å². The molecule has 0 radical (unpaired) electrons. The van der Waals surface area contributed by atoms with Crippen LogP contribution >= 0.6 is 0 Å². The lowest BCUT2D eigenvalue weighted by atomic mass is 10.1. The standard InChI is InChI=1S/C22H23FN6O2/c1-13-4-9-19(14(2)20(13)26-15(3)30)27-21-24-12-25-22(28-21)29-10-18(11-29)31-17-7-5-16(23)6-8-17/h4-9,12,18H,10-11H2,1-3H3,(H,26,30)(H,24,25,27,28). The number of rotatable bonds is 6. The quantitative estimate of drug-likeness (QED) is 0.627. The monoisotopic (exact) mass is 422 g/mol. The summed E-state index contributed by atoms with van der Waals surface area (Å²) in [6.45, 7) is 6.60. The van der Waals surface area contributed by atoms with Gasteiger partial charge in [0.05, 0.1) is 13.1 Å². The highest BCUT2D eigenvalue weighted by molar-refractivity contribution is 5.92. The highest BCUT2D eigenvalue weighted by atomic mass is 19.1. The number of ether oxygens (including phenoxy) is 1. The summed E-state index contributed by atoms with van der Waals surface area (Å²) in [6, 6.07) is 9.83. The van der Waals surface area contributed by atoms with E-state index in [1.807, 2.05) is 30.9 Å². The Labute approximate surface area is 179 Å². The number of carbonyl (C=O) groups excluding carboxylic acids is 1. The molecule has 0 saturated carbocycles. The lowest BCUT2D eigenvalue weighted by Gasteiger charge is -2.38. The van der Waals surface area contributed by atoms with Gasteiger partial charge in [0.2, 0.25) is 17.8 Å². The van der Waals surface area contributed by atoms with Gasteiger partial charge in [-0.15, -0.1) is 0 Å². The number of aryl methyl sites for hydroxylation is 1. The van der Waals surface area contributed by atoms with Crippen LogP contribution in [0.2, 0.25) is 0 Å². The van der Waals surface area contributed by atoms with Crippen LogP contribution in [0.15, 0.2) is 42.7 Å². The molecule has 4 rings (SSSR count). The number of aromatic nitrogens is 3. The molecule has 1 aromatic heterocycles. The van der Waals surface area contributed by atoms with Crippen LogP contribution in [0, 0.1) is 19.7 Å². The van der Waals surface area contributed by atoms with Gasteiger partial charge in [-0.25, -0.2) is 14.4 Å². The molecule has 8 nitrogen and oxygen atoms in total. The molecule has 160 valence electrons. The average molecular weight is 422 g/mol. The molecule has 1 amide bonds. The van der Waals surface area contributed by atoms with Crippen molar-refractivity contribution in [1.82, 2.24) is 15.0 Å². The molecule has 1 aliphatic rings. The van der Waals surface area contributed by atoms with Gasteiger partial charge in [0, 0.05) is 18.3 Å². The van der Waals surface area contributed by atoms with Gasteiger partial charge in [-0.2, -0.15) is 4.98 Å². The maximum Gasteiger partial charge on any atom is 0.232 e. The second-order valence-corrected chi connectivity index (χ2v) is 7.44. The molecule has 1 saturated heterocycles. The number of halogens is 1. The Morgan fingerprint density at radius 2 is 1.87 bits per heavy atom. The van der Waals surface area contributed by atoms with E-state index in [0.717, 1.165) is 22.5 Å². The third-order valence-electron chi connectivity index (χ3n) is 5.03. The average Bonchev–Trinajstić information content (AvgIpc) is 2.71. The fourth-order valence-electron chi connectivity index (χ4n) is 3.35. The first-order chi connectivity index (χ1) is 14.9. The Morgan fingerprint density at radius 1 is 1.13 bits per heavy atom. The minimum atomic E-state index is -0.291. The zero-order chi connectivity index (χ0) is 22.0. The van der Waals surface area contributed by atoms with Gasteiger partial charge in [-0.05, 0) is 55.3 Å². The smallest absolute Gasteiger partial charge is 0.232 e. The molecule has 0 spiro atoms. The first kappa shape index (κ1) is 20.5. The summed E-state index contributed by atoms with van der Waals surface area (Å²) < 4.78 is 18.8. The first-order valence-electron chi connectivity index (χ1n) is 9.90. The largest absolute Gasteiger partial charge is 0.487 e. The Kier molecular flexibility index (Phi) is 5.66. The van der Waals surface area contributed by atoms with Crippen molar-refractivity contribution in [2.75, 3.05) is 28.6 Å². The fourth-order valence-corrected chi connectivity index (χ4v) is 3.35. The Morgan fingerprint density at radius 3 is 2.58 bits per heavy atom. The Balaban J connectivity index is 1.42. The summed E-state index contributed by atoms with van der Waals surface area (Å²) in [7, 11) is 0. The van der Waals surface area contributed by atoms with E-state index in [2.05, 4.69) is 25.6 Å². The van der Waals surface area contributed by atoms with Gasteiger partial charge in [-0.1, -0.05) is 6.07 Å². The van der Waals surface area contributed by atoms with Crippen LogP contribution < -0.4 is 20.3 Å². The van der Waals surface area contributed by atoms with Gasteiger partial charge in [0.25, 0.3) is 0 Å². The van der Waals surface area contributed by atoms with Crippen molar-refractivity contribution >= 4 is 29.2 Å². The number of anilines is 4. The predicted molar refractivity (Wildman–Crippen MR) is 116 cm³/mol. The van der Waals surface area contributed by atoms with Crippen LogP contribution in [0.5, 0.6) is 5.75 Å². The van der Waals surface area contributed by atoms with Crippen molar-refractivity contribution < 1.29 is 13.9 Å². The Hall–Kier alpha value is -3.75. The van der Waals surface area contributed by atoms with Crippen LogP contribution in [0.4, 0.5) is 27.7 Å². The third-order valence-corrected chi connectivity index (χ3v) is 5.03. The zero-order valence-electron chi connectivity index (χ0n) is 17.5. The first-order valence-corrected chi connectivity index (χ1v) is 9.90. The molecule has 2 N–H and O–H groups in total. The number of amides is 1. The van der Waals surface area contributed by atoms with Crippen LogP contribution in [0.3, 0.4) is 0 Å². The minimum absolute atomic E-state index is 0.0156. The topological polar surface area (TPSA) is 92.3 Å². The molecule has 31 heavy (non-hydrogen) atoms. The van der Waals surface area contributed by atoms with E-state index >= 15 is 0 Å². The molecule has 1 aliphatic heterocycles. The summed E-state index contributed by atoms with van der Waals surface area (Å²) in [4.78, 5) is 26.4. The number of nitrogens with one attached hydrogen (secondary N) is 2. The van der Waals surface area contributed by atoms with Crippen molar-refractivity contribution in [3.8, 4) is 5.75 Å². The van der Waals surface area contributed by atoms with E-state index in [1.165, 1.54) is 25.4 Å². The number of carbonyl (C=O) groups is 1. The highest BCUT2D eigenvalue weighted by Gasteiger charge is 2.30. The minimum Gasteiger partial charge on any atom is -0.487 e. The number of hydrogen-bond donors (Lipinski definition) is 2. The second-order valence-electron chi connectivity index (χ2n) is 7.44. The zero-order valence-corrected chi connectivity index (χ0v) is 17.5. The maximum absolute atomic E-state index is 13.0. The summed E-state index contributed by atoms with van der Waals surface area (Å²) in [5.74, 6) is 1.17. The van der Waals surface area contributed by atoms with Crippen LogP contribution in [0.1, 0.15) is 18.1 Å². The van der Waals surface area contributed by atoms with Crippen molar-refractivity contribution in [3.63, 3.8) is 0 Å². The van der Waals surface area contributed by atoms with E-state index in [9.17, 15) is 9.18 Å². The molecule has 0 atom stereocenters. The van der Waals surface area contributed by atoms with Gasteiger partial charge in [-0.3, -0.25) is 4.79 Å². The normalized spacial score (nSPS) is 13.5. The molecule has 0 bridgehead atoms. The fraction of sp³-hybridized carbons (Fsp3) is 0.273. The van der Waals surface area contributed by atoms with Crippen molar-refractivity contribution in [2.24, 2.45) is 0 Å². The van der Waals surface area contributed by atoms with Crippen molar-refractivity contribution in [1.29, 1.82) is 0 Å². The van der Waals surface area contributed by atoms with Gasteiger partial charge >= 0.3 is 0 Å². The molecule has 3 aromatic rings. The molecule has 2 aromatic carbocycles. The predicted octanol–water partition coefficient (Wildman–Crippen LogP) is 3.60. The van der Waals surface area contributed by atoms with Crippen molar-refractivity contribution in [3.05, 3.63) is 59.7 Å². The van der Waals surface area contributed by atoms with Crippen LogP contribution in [-0.4, -0.2) is 40.1 Å². The number of hydrogen-bond acceptors (Lipinski definition) is 7. The molecular weight excluding hydrogens is 399 g/mol. The van der Waals surface area contributed by atoms with E-state index in [4.69, 9.17) is 4.74 Å². The summed E-state index contributed by atoms with van der Waals surface area (Å²) >= 11 is 0. The maximum atomic E-state index is 13.0. The molecule has 1 fully saturated rings. The van der Waals surface area contributed by atoms with E-state index in [-0.39, 0.29) is 17.8 Å². The number of nitrogens with zero attached hydrogens (tertiary/aromatic N) is 4. The van der Waals surface area contributed by atoms with Gasteiger partial charge in [0.1, 0.15) is 24.0 Å². The Bertz CT molecular complexity index is 1100. The highest BCUT2D eigenvalue weighted by Crippen LogP contribution is 2.29. The number of benzene rings is 2. The summed E-state index contributed by atoms with van der Waals surface area (Å²) in [5.41, 5.74) is 3.44. The lowest BCUT2D eigenvalue weighted by Crippen LogP contribution is -2.54.